The molecule has 1 aromatic carbocycles. The number of nitrogens with zero attached hydrogens (tertiary/aromatic N) is 4. The number of aromatic amines is 1. The number of hydrogen-bond acceptors (Lipinski definition) is 5. The topological polar surface area (TPSA) is 75.9 Å². The fourth-order valence-electron chi connectivity index (χ4n) is 2.44. The van der Waals surface area contributed by atoms with Crippen LogP contribution in [0, 0.1) is 6.92 Å². The average molecular weight is 323 g/mol. The first kappa shape index (κ1) is 14.0. The van der Waals surface area contributed by atoms with E-state index in [1.807, 2.05) is 37.3 Å². The van der Waals surface area contributed by atoms with Crippen LogP contribution in [-0.4, -0.2) is 24.3 Å². The van der Waals surface area contributed by atoms with E-state index in [2.05, 4.69) is 19.9 Å². The average Bonchev–Trinajstić information content (AvgIpc) is 2.92. The van der Waals surface area contributed by atoms with Crippen molar-refractivity contribution in [1.29, 1.82) is 0 Å². The highest BCUT2D eigenvalue weighted by Gasteiger charge is 2.09. The van der Waals surface area contributed by atoms with Crippen molar-refractivity contribution in [2.75, 3.05) is 0 Å². The van der Waals surface area contributed by atoms with Gasteiger partial charge in [-0.05, 0) is 25.1 Å². The molecule has 0 radical (unpaired) electrons. The van der Waals surface area contributed by atoms with Crippen LogP contribution in [0.4, 0.5) is 0 Å². The summed E-state index contributed by atoms with van der Waals surface area (Å²) in [5, 5.41) is 0.694. The first-order valence-electron chi connectivity index (χ1n) is 7.12. The van der Waals surface area contributed by atoms with Crippen molar-refractivity contribution in [2.45, 2.75) is 17.8 Å². The lowest BCUT2D eigenvalue weighted by atomic mass is 10.3. The van der Waals surface area contributed by atoms with Gasteiger partial charge >= 0.3 is 0 Å². The fourth-order valence-corrected chi connectivity index (χ4v) is 3.23. The van der Waals surface area contributed by atoms with E-state index in [1.165, 1.54) is 11.8 Å². The van der Waals surface area contributed by atoms with Crippen molar-refractivity contribution in [1.82, 2.24) is 24.3 Å². The molecule has 114 valence electrons. The van der Waals surface area contributed by atoms with E-state index in [0.29, 0.717) is 16.7 Å². The normalized spacial score (nSPS) is 11.3. The third kappa shape index (κ3) is 2.59. The van der Waals surface area contributed by atoms with Gasteiger partial charge in [0.1, 0.15) is 0 Å². The van der Waals surface area contributed by atoms with Gasteiger partial charge in [-0.2, -0.15) is 0 Å². The molecular weight excluding hydrogens is 310 g/mol. The predicted molar refractivity (Wildman–Crippen MR) is 89.6 cm³/mol. The van der Waals surface area contributed by atoms with E-state index in [9.17, 15) is 4.79 Å². The highest BCUT2D eigenvalue weighted by atomic mass is 32.2. The second-order valence-electron chi connectivity index (χ2n) is 5.16. The number of nitrogens with one attached hydrogen (secondary N) is 1. The molecule has 6 nitrogen and oxygen atoms in total. The Bertz CT molecular complexity index is 1070. The van der Waals surface area contributed by atoms with Gasteiger partial charge in [-0.1, -0.05) is 23.9 Å². The van der Waals surface area contributed by atoms with Crippen LogP contribution in [-0.2, 0) is 5.75 Å². The molecule has 4 aromatic rings. The second kappa shape index (κ2) is 5.51. The summed E-state index contributed by atoms with van der Waals surface area (Å²) in [6, 6.07) is 11.0. The number of fused-ring (bicyclic) bond motifs is 3. The molecule has 0 amide bonds. The third-order valence-corrected chi connectivity index (χ3v) is 4.39. The maximum atomic E-state index is 12.4. The largest absolute Gasteiger partial charge is 0.328 e. The number of aromatic nitrogens is 5. The molecular formula is C16H13N5OS. The van der Waals surface area contributed by atoms with E-state index >= 15 is 0 Å². The number of hydrogen-bond donors (Lipinski definition) is 1. The minimum Gasteiger partial charge on any atom is -0.328 e. The summed E-state index contributed by atoms with van der Waals surface area (Å²) in [5.41, 5.74) is 3.24. The van der Waals surface area contributed by atoms with Gasteiger partial charge in [0.15, 0.2) is 5.16 Å². The molecule has 0 unspecified atom stereocenters. The number of thioether (sulfide) groups is 1. The molecule has 3 heterocycles. The lowest BCUT2D eigenvalue weighted by Crippen LogP contribution is -2.14. The zero-order valence-electron chi connectivity index (χ0n) is 12.4. The van der Waals surface area contributed by atoms with Crippen LogP contribution in [0.3, 0.4) is 0 Å². The highest BCUT2D eigenvalue weighted by Crippen LogP contribution is 2.18. The molecule has 0 saturated heterocycles. The standard InChI is InChI=1S/C16H13N5OS/c1-10-6-7-17-16(18-10)23-9-11-8-14(22)21-13-5-3-2-4-12(13)20-15(21)19-11/h2-8H,9H2,1H3,(H,19,20). The number of H-pyrrole nitrogens is 1. The third-order valence-electron chi connectivity index (χ3n) is 3.48. The van der Waals surface area contributed by atoms with Gasteiger partial charge in [0.05, 0.1) is 11.0 Å². The Labute approximate surface area is 135 Å². The quantitative estimate of drug-likeness (QED) is 0.463. The van der Waals surface area contributed by atoms with Crippen molar-refractivity contribution in [3.8, 4) is 0 Å². The van der Waals surface area contributed by atoms with E-state index in [4.69, 9.17) is 0 Å². The molecule has 0 bridgehead atoms. The summed E-state index contributed by atoms with van der Waals surface area (Å²) in [6.45, 7) is 1.93. The lowest BCUT2D eigenvalue weighted by molar-refractivity contribution is 0.929. The van der Waals surface area contributed by atoms with Crippen LogP contribution < -0.4 is 5.56 Å². The van der Waals surface area contributed by atoms with Crippen LogP contribution >= 0.6 is 11.8 Å². The molecule has 23 heavy (non-hydrogen) atoms. The van der Waals surface area contributed by atoms with Gasteiger partial charge in [0, 0.05) is 29.4 Å². The van der Waals surface area contributed by atoms with Crippen molar-refractivity contribution >= 4 is 28.6 Å². The molecule has 0 aliphatic heterocycles. The number of para-hydroxylation sites is 2. The van der Waals surface area contributed by atoms with Crippen LogP contribution in [0.1, 0.15) is 11.4 Å². The lowest BCUT2D eigenvalue weighted by Gasteiger charge is -2.02. The number of benzene rings is 1. The van der Waals surface area contributed by atoms with Crippen molar-refractivity contribution in [2.24, 2.45) is 0 Å². The Hall–Kier alpha value is -2.67. The maximum Gasteiger partial charge on any atom is 0.259 e. The molecule has 3 aromatic heterocycles. The molecule has 0 aliphatic rings. The summed E-state index contributed by atoms with van der Waals surface area (Å²) in [7, 11) is 0. The minimum absolute atomic E-state index is 0.0896. The van der Waals surface area contributed by atoms with Gasteiger partial charge in [-0.3, -0.25) is 4.79 Å². The molecule has 0 fully saturated rings. The van der Waals surface area contributed by atoms with Crippen LogP contribution in [0.25, 0.3) is 16.8 Å². The van der Waals surface area contributed by atoms with Crippen LogP contribution in [0.2, 0.25) is 0 Å². The number of aryl methyl sites for hydroxylation is 1. The minimum atomic E-state index is -0.0896. The van der Waals surface area contributed by atoms with Crippen LogP contribution in [0.5, 0.6) is 0 Å². The predicted octanol–water partition coefficient (Wildman–Crippen LogP) is 2.57. The smallest absolute Gasteiger partial charge is 0.259 e. The summed E-state index contributed by atoms with van der Waals surface area (Å²) in [6.07, 6.45) is 1.73. The van der Waals surface area contributed by atoms with Crippen molar-refractivity contribution in [3.05, 3.63) is 64.3 Å². The molecule has 7 heteroatoms. The summed E-state index contributed by atoms with van der Waals surface area (Å²) in [5.74, 6) is 1.14. The second-order valence-corrected chi connectivity index (χ2v) is 6.10. The number of imidazole rings is 1. The van der Waals surface area contributed by atoms with E-state index in [1.54, 1.807) is 16.7 Å². The van der Waals surface area contributed by atoms with Crippen molar-refractivity contribution < 1.29 is 0 Å². The SMILES string of the molecule is Cc1ccnc(SCc2cc(=O)n3c(nc4ccccc43)[nH]2)n1. The Balaban J connectivity index is 1.71. The molecule has 4 rings (SSSR count). The molecule has 0 saturated carbocycles. The molecule has 0 aliphatic carbocycles. The van der Waals surface area contributed by atoms with Gasteiger partial charge in [-0.15, -0.1) is 0 Å². The van der Waals surface area contributed by atoms with Gasteiger partial charge in [0.2, 0.25) is 5.78 Å². The van der Waals surface area contributed by atoms with E-state index in [0.717, 1.165) is 22.4 Å². The van der Waals surface area contributed by atoms with E-state index < -0.39 is 0 Å². The summed E-state index contributed by atoms with van der Waals surface area (Å²) in [4.78, 5) is 28.7. The first-order valence-corrected chi connectivity index (χ1v) is 8.11. The zero-order valence-corrected chi connectivity index (χ0v) is 13.2. The maximum absolute atomic E-state index is 12.4. The Morgan fingerprint density at radius 2 is 2.09 bits per heavy atom. The molecule has 0 spiro atoms. The summed E-state index contributed by atoms with van der Waals surface area (Å²) >= 11 is 1.48. The first-order chi connectivity index (χ1) is 11.2. The highest BCUT2D eigenvalue weighted by molar-refractivity contribution is 7.98. The fraction of sp³-hybridized carbons (Fsp3) is 0.125. The molecule has 1 N–H and O–H groups in total. The van der Waals surface area contributed by atoms with Gasteiger partial charge in [0.25, 0.3) is 5.56 Å². The van der Waals surface area contributed by atoms with Gasteiger partial charge in [-0.25, -0.2) is 19.4 Å². The van der Waals surface area contributed by atoms with Gasteiger partial charge < -0.3 is 4.98 Å². The van der Waals surface area contributed by atoms with Crippen LogP contribution in [0.15, 0.2) is 52.5 Å². The van der Waals surface area contributed by atoms with E-state index in [-0.39, 0.29) is 5.56 Å². The molecule has 0 atom stereocenters. The monoisotopic (exact) mass is 323 g/mol. The zero-order chi connectivity index (χ0) is 15.8. The summed E-state index contributed by atoms with van der Waals surface area (Å²) < 4.78 is 1.59. The number of rotatable bonds is 3. The Kier molecular flexibility index (Phi) is 3.34. The Morgan fingerprint density at radius 3 is 2.96 bits per heavy atom. The van der Waals surface area contributed by atoms with Crippen molar-refractivity contribution in [3.63, 3.8) is 0 Å². The Morgan fingerprint density at radius 1 is 1.22 bits per heavy atom.